The van der Waals surface area contributed by atoms with E-state index in [2.05, 4.69) is 5.16 Å². The molecule has 1 saturated carbocycles. The van der Waals surface area contributed by atoms with Crippen LogP contribution in [0.1, 0.15) is 58.9 Å². The normalized spacial score (nSPS) is 20.2. The van der Waals surface area contributed by atoms with Crippen molar-refractivity contribution in [2.75, 3.05) is 13.1 Å². The molecule has 6 rings (SSSR count). The van der Waals surface area contributed by atoms with Crippen molar-refractivity contribution in [3.63, 3.8) is 0 Å². The molecule has 2 aliphatic rings. The van der Waals surface area contributed by atoms with Gasteiger partial charge in [0.15, 0.2) is 0 Å². The van der Waals surface area contributed by atoms with Gasteiger partial charge in [-0.2, -0.15) is 0 Å². The Labute approximate surface area is 225 Å². The molecule has 0 bridgehead atoms. The minimum Gasteiger partial charge on any atom is -0.372 e. The molecule has 2 amide bonds. The van der Waals surface area contributed by atoms with E-state index < -0.39 is 21.2 Å². The molecule has 2 atom stereocenters. The highest BCUT2D eigenvalue weighted by atomic mass is 32.2. The van der Waals surface area contributed by atoms with Crippen LogP contribution in [-0.4, -0.2) is 64.8 Å². The first-order chi connectivity index (χ1) is 18.5. The molecule has 4 aromatic rings. The summed E-state index contributed by atoms with van der Waals surface area (Å²) < 4.78 is 40.0. The van der Waals surface area contributed by atoms with Crippen LogP contribution in [0.3, 0.4) is 0 Å². The van der Waals surface area contributed by atoms with Crippen molar-refractivity contribution in [1.82, 2.24) is 14.0 Å². The fraction of sp³-hybridized carbons (Fsp3) is 0.393. The third-order valence-electron chi connectivity index (χ3n) is 7.56. The second-order valence-corrected chi connectivity index (χ2v) is 12.8. The van der Waals surface area contributed by atoms with E-state index in [4.69, 9.17) is 15.0 Å². The number of amides is 2. The summed E-state index contributed by atoms with van der Waals surface area (Å²) in [6.07, 6.45) is 0.858. The average Bonchev–Trinajstić information content (AvgIpc) is 3.62. The van der Waals surface area contributed by atoms with Gasteiger partial charge in [-0.15, -0.1) is 0 Å². The standard InChI is InChI=1S/C28H30N4O6S/c1-14-12-31(13-15(2)37-14)28(34)18-5-8-21-22-9-19(25-16(3)30-38-17(25)4)10-23(27(29)33)26(22)32(24(21)11-18)39(35,36)20-6-7-20/h5,8-11,14-15,20H,6-7,12-13H2,1-4H3,(H2,29,33). The number of hydrogen-bond donors (Lipinski definition) is 1. The molecule has 11 heteroatoms. The fourth-order valence-electron chi connectivity index (χ4n) is 5.77. The lowest BCUT2D eigenvalue weighted by Crippen LogP contribution is -2.48. The van der Waals surface area contributed by atoms with Crippen LogP contribution in [0.2, 0.25) is 0 Å². The SMILES string of the molecule is Cc1noc(C)c1-c1cc(C(N)=O)c2c(c1)c1ccc(C(=O)N3CC(C)OC(C)C3)cc1n2S(=O)(=O)C1CC1. The van der Waals surface area contributed by atoms with E-state index in [1.54, 1.807) is 43.0 Å². The van der Waals surface area contributed by atoms with Crippen LogP contribution < -0.4 is 5.73 Å². The van der Waals surface area contributed by atoms with Gasteiger partial charge in [-0.1, -0.05) is 11.2 Å². The number of ether oxygens (including phenoxy) is 1. The van der Waals surface area contributed by atoms with Crippen molar-refractivity contribution in [3.8, 4) is 11.1 Å². The van der Waals surface area contributed by atoms with Crippen LogP contribution in [0.5, 0.6) is 0 Å². The Balaban J connectivity index is 1.64. The number of aryl methyl sites for hydroxylation is 2. The van der Waals surface area contributed by atoms with Gasteiger partial charge in [0.1, 0.15) is 5.76 Å². The number of morpholine rings is 1. The van der Waals surface area contributed by atoms with Gasteiger partial charge in [0.05, 0.1) is 39.7 Å². The van der Waals surface area contributed by atoms with Crippen molar-refractivity contribution in [3.05, 3.63) is 52.9 Å². The van der Waals surface area contributed by atoms with E-state index in [0.29, 0.717) is 70.4 Å². The summed E-state index contributed by atoms with van der Waals surface area (Å²) in [5.74, 6) is -0.388. The largest absolute Gasteiger partial charge is 0.372 e. The Morgan fingerprint density at radius 3 is 2.31 bits per heavy atom. The van der Waals surface area contributed by atoms with Gasteiger partial charge in [-0.25, -0.2) is 12.4 Å². The smallest absolute Gasteiger partial charge is 0.254 e. The van der Waals surface area contributed by atoms with Crippen LogP contribution in [-0.2, 0) is 14.8 Å². The first-order valence-electron chi connectivity index (χ1n) is 13.0. The van der Waals surface area contributed by atoms with Crippen molar-refractivity contribution in [1.29, 1.82) is 0 Å². The number of rotatable bonds is 5. The summed E-state index contributed by atoms with van der Waals surface area (Å²) in [5.41, 5.74) is 8.85. The summed E-state index contributed by atoms with van der Waals surface area (Å²) in [5, 5.41) is 4.62. The summed E-state index contributed by atoms with van der Waals surface area (Å²) in [6.45, 7) is 8.29. The summed E-state index contributed by atoms with van der Waals surface area (Å²) in [7, 11) is -3.87. The van der Waals surface area contributed by atoms with Crippen molar-refractivity contribution < 1.29 is 27.3 Å². The molecule has 204 valence electrons. The van der Waals surface area contributed by atoms with Crippen LogP contribution in [0, 0.1) is 13.8 Å². The number of benzene rings is 2. The lowest BCUT2D eigenvalue weighted by Gasteiger charge is -2.35. The quantitative estimate of drug-likeness (QED) is 0.399. The Hall–Kier alpha value is -3.70. The molecule has 1 aliphatic heterocycles. The molecular formula is C28H30N4O6S. The molecular weight excluding hydrogens is 520 g/mol. The second kappa shape index (κ2) is 8.92. The number of fused-ring (bicyclic) bond motifs is 3. The molecule has 0 radical (unpaired) electrons. The van der Waals surface area contributed by atoms with E-state index in [9.17, 15) is 18.0 Å². The molecule has 1 aliphatic carbocycles. The van der Waals surface area contributed by atoms with E-state index in [0.717, 1.165) is 0 Å². The lowest BCUT2D eigenvalue weighted by atomic mass is 9.97. The van der Waals surface area contributed by atoms with Crippen LogP contribution in [0.4, 0.5) is 0 Å². The molecule has 2 N–H and O–H groups in total. The van der Waals surface area contributed by atoms with E-state index in [1.165, 1.54) is 3.97 Å². The highest BCUT2D eigenvalue weighted by Crippen LogP contribution is 2.41. The average molecular weight is 551 g/mol. The monoisotopic (exact) mass is 550 g/mol. The van der Waals surface area contributed by atoms with Crippen molar-refractivity contribution >= 4 is 43.6 Å². The number of carbonyl (C=O) groups is 2. The minimum atomic E-state index is -3.87. The molecule has 3 heterocycles. The maximum atomic E-state index is 13.8. The number of nitrogens with two attached hydrogens (primary N) is 1. The zero-order valence-electron chi connectivity index (χ0n) is 22.2. The van der Waals surface area contributed by atoms with Gasteiger partial charge >= 0.3 is 0 Å². The maximum Gasteiger partial charge on any atom is 0.254 e. The molecule has 0 spiro atoms. The third kappa shape index (κ3) is 4.11. The van der Waals surface area contributed by atoms with Gasteiger partial charge in [0.25, 0.3) is 11.8 Å². The molecule has 1 saturated heterocycles. The van der Waals surface area contributed by atoms with Gasteiger partial charge in [-0.05, 0) is 70.4 Å². The topological polar surface area (TPSA) is 138 Å². The Morgan fingerprint density at radius 2 is 1.72 bits per heavy atom. The number of carbonyl (C=O) groups excluding carboxylic acids is 2. The van der Waals surface area contributed by atoms with E-state index >= 15 is 0 Å². The number of primary amides is 1. The van der Waals surface area contributed by atoms with Gasteiger partial charge in [0, 0.05) is 35.0 Å². The van der Waals surface area contributed by atoms with Crippen molar-refractivity contribution in [2.24, 2.45) is 5.73 Å². The van der Waals surface area contributed by atoms with E-state index in [-0.39, 0.29) is 29.2 Å². The first-order valence-corrected chi connectivity index (χ1v) is 14.5. The zero-order valence-corrected chi connectivity index (χ0v) is 23.0. The highest BCUT2D eigenvalue weighted by Gasteiger charge is 2.40. The van der Waals surface area contributed by atoms with Gasteiger partial charge in [0.2, 0.25) is 10.0 Å². The van der Waals surface area contributed by atoms with Crippen LogP contribution in [0.25, 0.3) is 32.9 Å². The molecule has 10 nitrogen and oxygen atoms in total. The van der Waals surface area contributed by atoms with Gasteiger partial charge in [-0.3, -0.25) is 9.59 Å². The molecule has 2 aromatic carbocycles. The minimum absolute atomic E-state index is 0.0756. The lowest BCUT2D eigenvalue weighted by molar-refractivity contribution is -0.0586. The second-order valence-electron chi connectivity index (χ2n) is 10.7. The van der Waals surface area contributed by atoms with Crippen molar-refractivity contribution in [2.45, 2.75) is 58.0 Å². The number of aromatic nitrogens is 2. The summed E-state index contributed by atoms with van der Waals surface area (Å²) >= 11 is 0. The van der Waals surface area contributed by atoms with E-state index in [1.807, 2.05) is 19.9 Å². The number of nitrogens with zero attached hydrogens (tertiary/aromatic N) is 3. The first kappa shape index (κ1) is 25.6. The van der Waals surface area contributed by atoms with Crippen LogP contribution in [0.15, 0.2) is 34.9 Å². The van der Waals surface area contributed by atoms with Gasteiger partial charge < -0.3 is 19.9 Å². The molecule has 2 aromatic heterocycles. The maximum absolute atomic E-state index is 13.8. The Kier molecular flexibility index (Phi) is 5.85. The Bertz CT molecular complexity index is 1750. The molecule has 39 heavy (non-hydrogen) atoms. The predicted molar refractivity (Wildman–Crippen MR) is 146 cm³/mol. The summed E-state index contributed by atoms with van der Waals surface area (Å²) in [4.78, 5) is 28.1. The Morgan fingerprint density at radius 1 is 1.03 bits per heavy atom. The zero-order chi connectivity index (χ0) is 27.8. The number of hydrogen-bond acceptors (Lipinski definition) is 7. The third-order valence-corrected chi connectivity index (χ3v) is 9.76. The van der Waals surface area contributed by atoms with Crippen LogP contribution >= 0.6 is 0 Å². The molecule has 2 unspecified atom stereocenters. The predicted octanol–water partition coefficient (Wildman–Crippen LogP) is 3.75. The highest BCUT2D eigenvalue weighted by molar-refractivity contribution is 7.91. The summed E-state index contributed by atoms with van der Waals surface area (Å²) in [6, 6.07) is 8.50. The fourth-order valence-corrected chi connectivity index (χ4v) is 7.68. The molecule has 2 fully saturated rings.